The predicted octanol–water partition coefficient (Wildman–Crippen LogP) is 4.57. The Kier molecular flexibility index (Phi) is 5.77. The zero-order valence-electron chi connectivity index (χ0n) is 17.6. The van der Waals surface area contributed by atoms with E-state index in [-0.39, 0.29) is 36.4 Å². The second-order valence-corrected chi connectivity index (χ2v) is 9.39. The first-order valence-electron chi connectivity index (χ1n) is 10.7. The number of hydrogen-bond donors (Lipinski definition) is 0. The lowest BCUT2D eigenvalue weighted by Gasteiger charge is -2.39. The molecule has 2 amide bonds. The van der Waals surface area contributed by atoms with E-state index in [4.69, 9.17) is 0 Å². The molecule has 154 valence electrons. The fraction of sp³-hybridized carbons (Fsp3) is 0.500. The van der Waals surface area contributed by atoms with Crippen LogP contribution in [0.15, 0.2) is 35.7 Å². The highest BCUT2D eigenvalue weighted by atomic mass is 32.1. The number of rotatable bonds is 6. The second-order valence-electron chi connectivity index (χ2n) is 8.39. The van der Waals surface area contributed by atoms with Gasteiger partial charge in [0.2, 0.25) is 11.8 Å². The third kappa shape index (κ3) is 3.97. The smallest absolute Gasteiger partial charge is 0.243 e. The molecule has 4 rings (SSSR count). The van der Waals surface area contributed by atoms with Gasteiger partial charge in [0.25, 0.3) is 0 Å². The number of fused-ring (bicyclic) bond motifs is 1. The molecule has 0 unspecified atom stereocenters. The van der Waals surface area contributed by atoms with Crippen molar-refractivity contribution in [3.8, 4) is 0 Å². The maximum absolute atomic E-state index is 13.5. The van der Waals surface area contributed by atoms with Gasteiger partial charge in [0.1, 0.15) is 6.54 Å². The van der Waals surface area contributed by atoms with Crippen LogP contribution in [0, 0.1) is 12.8 Å². The van der Waals surface area contributed by atoms with Gasteiger partial charge in [-0.1, -0.05) is 31.2 Å². The minimum Gasteiger partial charge on any atom is -0.330 e. The molecule has 2 atom stereocenters. The van der Waals surface area contributed by atoms with Crippen molar-refractivity contribution in [2.75, 3.05) is 13.1 Å². The molecule has 0 N–H and O–H groups in total. The van der Waals surface area contributed by atoms with Crippen molar-refractivity contribution in [3.63, 3.8) is 0 Å². The van der Waals surface area contributed by atoms with E-state index in [0.717, 1.165) is 25.7 Å². The number of carbonyl (C=O) groups is 2. The minimum absolute atomic E-state index is 0.0596. The van der Waals surface area contributed by atoms with Gasteiger partial charge in [0.15, 0.2) is 0 Å². The summed E-state index contributed by atoms with van der Waals surface area (Å²) in [6.07, 6.45) is 3.68. The number of carbonyl (C=O) groups excluding carboxylic acids is 2. The predicted molar refractivity (Wildman–Crippen MR) is 117 cm³/mol. The van der Waals surface area contributed by atoms with Crippen LogP contribution < -0.4 is 0 Å². The highest BCUT2D eigenvalue weighted by Gasteiger charge is 2.38. The third-order valence-corrected chi connectivity index (χ3v) is 7.40. The van der Waals surface area contributed by atoms with Crippen LogP contribution in [0.3, 0.4) is 0 Å². The van der Waals surface area contributed by atoms with E-state index < -0.39 is 0 Å². The molecule has 1 aromatic carbocycles. The van der Waals surface area contributed by atoms with Crippen molar-refractivity contribution < 1.29 is 9.59 Å². The molecule has 0 saturated heterocycles. The maximum Gasteiger partial charge on any atom is 0.243 e. The topological polar surface area (TPSA) is 40.6 Å². The maximum atomic E-state index is 13.5. The van der Waals surface area contributed by atoms with Crippen LogP contribution >= 0.6 is 11.3 Å². The normalized spacial score (nSPS) is 19.6. The lowest BCUT2D eigenvalue weighted by atomic mass is 9.90. The fourth-order valence-corrected chi connectivity index (χ4v) is 5.19. The molecule has 1 aromatic heterocycles. The summed E-state index contributed by atoms with van der Waals surface area (Å²) in [5.74, 6) is 0.353. The van der Waals surface area contributed by atoms with Crippen molar-refractivity contribution in [2.45, 2.75) is 58.5 Å². The first kappa shape index (κ1) is 20.1. The third-order valence-electron chi connectivity index (χ3n) is 6.41. The summed E-state index contributed by atoms with van der Waals surface area (Å²) in [5, 5.41) is 2.13. The molecular formula is C24H30N2O2S. The van der Waals surface area contributed by atoms with Gasteiger partial charge in [0.05, 0.1) is 6.04 Å². The van der Waals surface area contributed by atoms with Crippen LogP contribution in [-0.4, -0.2) is 40.7 Å². The van der Waals surface area contributed by atoms with E-state index >= 15 is 0 Å². The van der Waals surface area contributed by atoms with Crippen molar-refractivity contribution >= 4 is 23.2 Å². The highest BCUT2D eigenvalue weighted by molar-refractivity contribution is 7.10. The Balaban J connectivity index is 1.64. The van der Waals surface area contributed by atoms with Crippen molar-refractivity contribution in [3.05, 3.63) is 57.3 Å². The van der Waals surface area contributed by atoms with E-state index in [1.54, 1.807) is 11.3 Å². The molecule has 5 heteroatoms. The molecule has 1 saturated carbocycles. The zero-order valence-corrected chi connectivity index (χ0v) is 18.4. The van der Waals surface area contributed by atoms with E-state index in [2.05, 4.69) is 44.4 Å². The summed E-state index contributed by atoms with van der Waals surface area (Å²) in [6.45, 7) is 7.14. The average Bonchev–Trinajstić information content (AvgIpc) is 3.47. The van der Waals surface area contributed by atoms with Gasteiger partial charge in [0, 0.05) is 23.4 Å². The van der Waals surface area contributed by atoms with E-state index in [1.165, 1.54) is 21.6 Å². The van der Waals surface area contributed by atoms with Crippen LogP contribution in [0.5, 0.6) is 0 Å². The molecule has 0 bridgehead atoms. The van der Waals surface area contributed by atoms with Crippen LogP contribution in [0.1, 0.15) is 60.7 Å². The van der Waals surface area contributed by atoms with Gasteiger partial charge in [-0.05, 0) is 67.7 Å². The minimum atomic E-state index is -0.0616. The summed E-state index contributed by atoms with van der Waals surface area (Å²) in [4.78, 5) is 31.6. The summed E-state index contributed by atoms with van der Waals surface area (Å²) >= 11 is 1.78. The Labute approximate surface area is 177 Å². The van der Waals surface area contributed by atoms with Gasteiger partial charge in [-0.25, -0.2) is 0 Å². The Morgan fingerprint density at radius 3 is 2.66 bits per heavy atom. The van der Waals surface area contributed by atoms with Crippen LogP contribution in [0.25, 0.3) is 0 Å². The van der Waals surface area contributed by atoms with Gasteiger partial charge < -0.3 is 9.80 Å². The largest absolute Gasteiger partial charge is 0.330 e. The van der Waals surface area contributed by atoms with Crippen LogP contribution in [0.2, 0.25) is 0 Å². The summed E-state index contributed by atoms with van der Waals surface area (Å²) in [7, 11) is 0. The van der Waals surface area contributed by atoms with Gasteiger partial charge in [-0.2, -0.15) is 0 Å². The molecule has 1 fully saturated rings. The molecule has 0 spiro atoms. The van der Waals surface area contributed by atoms with E-state index in [1.807, 2.05) is 21.9 Å². The zero-order chi connectivity index (χ0) is 20.5. The number of amides is 2. The Morgan fingerprint density at radius 1 is 1.21 bits per heavy atom. The average molecular weight is 411 g/mol. The summed E-state index contributed by atoms with van der Waals surface area (Å²) in [5.41, 5.74) is 3.62. The molecular weight excluding hydrogens is 380 g/mol. The van der Waals surface area contributed by atoms with Crippen molar-refractivity contribution in [1.29, 1.82) is 0 Å². The lowest BCUT2D eigenvalue weighted by Crippen LogP contribution is -2.49. The number of benzene rings is 1. The molecule has 2 aliphatic rings. The Hall–Kier alpha value is -2.14. The quantitative estimate of drug-likeness (QED) is 0.700. The van der Waals surface area contributed by atoms with Crippen LogP contribution in [-0.2, 0) is 16.0 Å². The Bertz CT molecular complexity index is 902. The lowest BCUT2D eigenvalue weighted by molar-refractivity contribution is -0.144. The monoisotopic (exact) mass is 410 g/mol. The SMILES string of the molecule is CC[C@@H](C)N(CC(=O)N1CCc2sccc2[C@@H]1c1ccccc1C)C(=O)C1CC1. The Morgan fingerprint density at radius 2 is 1.97 bits per heavy atom. The van der Waals surface area contributed by atoms with Crippen molar-refractivity contribution in [1.82, 2.24) is 9.80 Å². The molecule has 2 aromatic rings. The number of nitrogens with zero attached hydrogens (tertiary/aromatic N) is 2. The van der Waals surface area contributed by atoms with E-state index in [0.29, 0.717) is 6.54 Å². The molecule has 1 aliphatic heterocycles. The first-order valence-corrected chi connectivity index (χ1v) is 11.6. The molecule has 0 radical (unpaired) electrons. The first-order chi connectivity index (χ1) is 14.0. The standard InChI is InChI=1S/C24H30N2O2S/c1-4-17(3)26(24(28)18-9-10-18)15-22(27)25-13-11-21-20(12-14-29-21)23(25)19-8-6-5-7-16(19)2/h5-8,12,14,17-18,23H,4,9-11,13,15H2,1-3H3/t17-,23+/m1/s1. The molecule has 29 heavy (non-hydrogen) atoms. The number of thiophene rings is 1. The van der Waals surface area contributed by atoms with Crippen molar-refractivity contribution in [2.24, 2.45) is 5.92 Å². The molecule has 1 aliphatic carbocycles. The number of hydrogen-bond acceptors (Lipinski definition) is 3. The summed E-state index contributed by atoms with van der Waals surface area (Å²) < 4.78 is 0. The fourth-order valence-electron chi connectivity index (χ4n) is 4.29. The van der Waals surface area contributed by atoms with Gasteiger partial charge in [-0.15, -0.1) is 11.3 Å². The summed E-state index contributed by atoms with van der Waals surface area (Å²) in [6, 6.07) is 10.5. The molecule has 2 heterocycles. The van der Waals surface area contributed by atoms with Gasteiger partial charge >= 0.3 is 0 Å². The van der Waals surface area contributed by atoms with Crippen LogP contribution in [0.4, 0.5) is 0 Å². The highest BCUT2D eigenvalue weighted by Crippen LogP contribution is 2.39. The number of aryl methyl sites for hydroxylation is 1. The molecule has 4 nitrogen and oxygen atoms in total. The van der Waals surface area contributed by atoms with E-state index in [9.17, 15) is 9.59 Å². The second kappa shape index (κ2) is 8.31. The van der Waals surface area contributed by atoms with Gasteiger partial charge in [-0.3, -0.25) is 9.59 Å².